The van der Waals surface area contributed by atoms with Gasteiger partial charge in [-0.05, 0) is 73.4 Å². The summed E-state index contributed by atoms with van der Waals surface area (Å²) in [6.45, 7) is 1.05. The average molecular weight is 675 g/mol. The summed E-state index contributed by atoms with van der Waals surface area (Å²) in [5.41, 5.74) is 4.75. The second-order valence-corrected chi connectivity index (χ2v) is 14.2. The van der Waals surface area contributed by atoms with Gasteiger partial charge >= 0.3 is 0 Å². The van der Waals surface area contributed by atoms with Gasteiger partial charge in [0.1, 0.15) is 6.04 Å². The third-order valence-corrected chi connectivity index (χ3v) is 10.7. The molecule has 3 heterocycles. The maximum atomic E-state index is 13.1. The lowest BCUT2D eigenvalue weighted by molar-refractivity contribution is -0.136. The van der Waals surface area contributed by atoms with Crippen LogP contribution >= 0.6 is 0 Å². The maximum absolute atomic E-state index is 13.1. The Morgan fingerprint density at radius 3 is 1.90 bits per heavy atom. The quantitative estimate of drug-likeness (QED) is 0.195. The van der Waals surface area contributed by atoms with Gasteiger partial charge in [0, 0.05) is 42.9 Å². The topological polar surface area (TPSA) is 128 Å². The molecule has 4 amide bonds. The Hall–Kier alpha value is -4.99. The highest BCUT2D eigenvalue weighted by Crippen LogP contribution is 2.31. The van der Waals surface area contributed by atoms with E-state index in [4.69, 9.17) is 0 Å². The van der Waals surface area contributed by atoms with Gasteiger partial charge in [0.05, 0.1) is 23.9 Å². The molecule has 7 rings (SSSR count). The molecule has 10 heteroatoms. The molecule has 10 nitrogen and oxygen atoms in total. The monoisotopic (exact) mass is 674 g/mol. The van der Waals surface area contributed by atoms with Gasteiger partial charge in [-0.2, -0.15) is 5.10 Å². The first kappa shape index (κ1) is 33.5. The van der Waals surface area contributed by atoms with E-state index in [1.54, 1.807) is 4.90 Å². The number of nitrogens with zero attached hydrogens (tertiary/aromatic N) is 3. The van der Waals surface area contributed by atoms with Crippen molar-refractivity contribution in [2.45, 2.75) is 82.7 Å². The number of amides is 4. The maximum Gasteiger partial charge on any atom is 0.251 e. The largest absolute Gasteiger partial charge is 0.332 e. The second kappa shape index (κ2) is 15.3. The Kier molecular flexibility index (Phi) is 10.2. The van der Waals surface area contributed by atoms with Crippen LogP contribution in [0.4, 0.5) is 11.4 Å². The summed E-state index contributed by atoms with van der Waals surface area (Å²) in [4.78, 5) is 55.4. The minimum atomic E-state index is -0.589. The fourth-order valence-corrected chi connectivity index (χ4v) is 7.89. The number of nitrogens with one attached hydrogen (secondary N) is 3. The van der Waals surface area contributed by atoms with E-state index in [-0.39, 0.29) is 36.1 Å². The Balaban J connectivity index is 0.900. The van der Waals surface area contributed by atoms with E-state index in [1.165, 1.54) is 25.7 Å². The van der Waals surface area contributed by atoms with Crippen molar-refractivity contribution in [2.24, 2.45) is 11.8 Å². The number of aromatic amines is 1. The zero-order chi connectivity index (χ0) is 34.5. The van der Waals surface area contributed by atoms with Crippen molar-refractivity contribution in [3.8, 4) is 22.5 Å². The number of H-pyrrole nitrogens is 1. The van der Waals surface area contributed by atoms with Gasteiger partial charge in [-0.25, -0.2) is 0 Å². The lowest BCUT2D eigenvalue weighted by Gasteiger charge is -2.25. The summed E-state index contributed by atoms with van der Waals surface area (Å²) in [7, 11) is 0. The number of hydrogen-bond acceptors (Lipinski definition) is 5. The van der Waals surface area contributed by atoms with Gasteiger partial charge in [-0.1, -0.05) is 74.3 Å². The van der Waals surface area contributed by atoms with Crippen LogP contribution in [0.5, 0.6) is 0 Å². The van der Waals surface area contributed by atoms with Gasteiger partial charge in [0.2, 0.25) is 17.7 Å². The van der Waals surface area contributed by atoms with Gasteiger partial charge in [0.15, 0.2) is 0 Å². The van der Waals surface area contributed by atoms with Crippen molar-refractivity contribution in [3.05, 3.63) is 78.9 Å². The molecule has 2 fully saturated rings. The summed E-state index contributed by atoms with van der Waals surface area (Å²) < 4.78 is 0. The smallest absolute Gasteiger partial charge is 0.251 e. The van der Waals surface area contributed by atoms with Crippen LogP contribution in [-0.2, 0) is 19.2 Å². The highest BCUT2D eigenvalue weighted by molar-refractivity contribution is 5.99. The van der Waals surface area contributed by atoms with Crippen LogP contribution < -0.4 is 10.6 Å². The molecule has 50 heavy (non-hydrogen) atoms. The van der Waals surface area contributed by atoms with Gasteiger partial charge in [-0.15, -0.1) is 0 Å². The molecule has 0 saturated heterocycles. The number of rotatable bonds is 11. The molecule has 0 spiro atoms. The molecular weight excluding hydrogens is 628 g/mol. The minimum Gasteiger partial charge on any atom is -0.332 e. The molecule has 3 N–H and O–H groups in total. The zero-order valence-electron chi connectivity index (χ0n) is 28.5. The summed E-state index contributed by atoms with van der Waals surface area (Å²) in [6.07, 6.45) is 18.3. The normalized spacial score (nSPS) is 20.6. The minimum absolute atomic E-state index is 0.0538. The summed E-state index contributed by atoms with van der Waals surface area (Å²) in [6, 6.07) is 16.3. The third-order valence-electron chi connectivity index (χ3n) is 10.7. The highest BCUT2D eigenvalue weighted by atomic mass is 16.2. The first-order valence-corrected chi connectivity index (χ1v) is 18.2. The molecule has 1 aromatic heterocycles. The molecule has 2 aliphatic carbocycles. The van der Waals surface area contributed by atoms with Crippen LogP contribution in [0.25, 0.3) is 22.5 Å². The number of hydrogen-bond donors (Lipinski definition) is 3. The number of anilines is 2. The van der Waals surface area contributed by atoms with Crippen molar-refractivity contribution in [1.29, 1.82) is 0 Å². The fourth-order valence-electron chi connectivity index (χ4n) is 7.89. The lowest BCUT2D eigenvalue weighted by atomic mass is 10.0. The van der Waals surface area contributed by atoms with E-state index in [2.05, 4.69) is 20.8 Å². The first-order chi connectivity index (χ1) is 24.4. The standard InChI is InChI=1S/C40H46N6O4/c47-37(25-33-11-5-21-45(33)38(48)23-27-7-1-2-8-27)41-31-17-13-29(14-18-31)34-26-35(44-43-34)30-15-19-32(20-16-30)42-40(50)36-12-6-22-46(36)39(49)24-28-9-3-4-10-28/h5-6,11-20,26-28,33,36H,1-4,7-10,21-25H2,(H,41,47)(H,42,50)(H,43,44). The van der Waals surface area contributed by atoms with Crippen LogP contribution in [0, 0.1) is 11.8 Å². The van der Waals surface area contributed by atoms with Gasteiger partial charge in [-0.3, -0.25) is 24.3 Å². The van der Waals surface area contributed by atoms with Crippen molar-refractivity contribution in [3.63, 3.8) is 0 Å². The molecule has 3 aromatic rings. The van der Waals surface area contributed by atoms with E-state index in [1.807, 2.05) is 83.8 Å². The number of aromatic nitrogens is 2. The molecule has 260 valence electrons. The van der Waals surface area contributed by atoms with E-state index in [0.717, 1.165) is 48.2 Å². The van der Waals surface area contributed by atoms with Crippen molar-refractivity contribution >= 4 is 35.0 Å². The molecular formula is C40H46N6O4. The molecule has 2 aromatic carbocycles. The number of carbonyl (C=O) groups is 4. The lowest BCUT2D eigenvalue weighted by Crippen LogP contribution is -2.43. The SMILES string of the molecule is O=C(CC1C=CCN1C(=O)CC1CCCC1)Nc1ccc(-c2cc(-c3ccc(NC(=O)C4C=CCN4C(=O)CC4CCCC4)cc3)n[nH]2)cc1. The zero-order valence-corrected chi connectivity index (χ0v) is 28.5. The van der Waals surface area contributed by atoms with Crippen LogP contribution in [0.15, 0.2) is 78.9 Å². The van der Waals surface area contributed by atoms with E-state index < -0.39 is 6.04 Å². The predicted octanol–water partition coefficient (Wildman–Crippen LogP) is 6.71. The van der Waals surface area contributed by atoms with Crippen LogP contribution in [-0.4, -0.2) is 68.8 Å². The van der Waals surface area contributed by atoms with Gasteiger partial charge in [0.25, 0.3) is 5.91 Å². The Labute approximate surface area is 293 Å². The predicted molar refractivity (Wildman–Crippen MR) is 194 cm³/mol. The van der Waals surface area contributed by atoms with Crippen molar-refractivity contribution in [1.82, 2.24) is 20.0 Å². The van der Waals surface area contributed by atoms with E-state index in [9.17, 15) is 19.2 Å². The molecule has 2 aliphatic heterocycles. The second-order valence-electron chi connectivity index (χ2n) is 14.2. The van der Waals surface area contributed by atoms with Crippen molar-refractivity contribution in [2.75, 3.05) is 23.7 Å². The number of benzene rings is 2. The third kappa shape index (κ3) is 7.90. The Morgan fingerprint density at radius 1 is 0.680 bits per heavy atom. The molecule has 4 aliphatic rings. The van der Waals surface area contributed by atoms with Crippen LogP contribution in [0.2, 0.25) is 0 Å². The van der Waals surface area contributed by atoms with E-state index in [0.29, 0.717) is 49.1 Å². The summed E-state index contributed by atoms with van der Waals surface area (Å²) >= 11 is 0. The highest BCUT2D eigenvalue weighted by Gasteiger charge is 2.32. The molecule has 2 saturated carbocycles. The molecule has 0 radical (unpaired) electrons. The molecule has 2 atom stereocenters. The van der Waals surface area contributed by atoms with Gasteiger partial charge < -0.3 is 20.4 Å². The summed E-state index contributed by atoms with van der Waals surface area (Å²) in [5, 5.41) is 13.5. The van der Waals surface area contributed by atoms with Crippen LogP contribution in [0.1, 0.15) is 70.6 Å². The molecule has 2 unspecified atom stereocenters. The molecule has 0 bridgehead atoms. The summed E-state index contributed by atoms with van der Waals surface area (Å²) in [5.74, 6) is 0.792. The average Bonchev–Trinajstić information content (AvgIpc) is 3.96. The van der Waals surface area contributed by atoms with Crippen molar-refractivity contribution < 1.29 is 19.2 Å². The van der Waals surface area contributed by atoms with Crippen LogP contribution in [0.3, 0.4) is 0 Å². The fraction of sp³-hybridized carbons (Fsp3) is 0.425. The van der Waals surface area contributed by atoms with E-state index >= 15 is 0 Å². The number of carbonyl (C=O) groups excluding carboxylic acids is 4. The first-order valence-electron chi connectivity index (χ1n) is 18.2. The Bertz CT molecular complexity index is 1750. The Morgan fingerprint density at radius 2 is 1.24 bits per heavy atom.